The normalized spacial score (nSPS) is 16.5. The first-order valence-corrected chi connectivity index (χ1v) is 8.55. The molecule has 1 saturated carbocycles. The summed E-state index contributed by atoms with van der Waals surface area (Å²) in [7, 11) is 3.87. The third kappa shape index (κ3) is 4.14. The summed E-state index contributed by atoms with van der Waals surface area (Å²) in [5.74, 6) is 1.52. The van der Waals surface area contributed by atoms with Crippen LogP contribution in [0.1, 0.15) is 44.2 Å². The van der Waals surface area contributed by atoms with Gasteiger partial charge in [-0.2, -0.15) is 0 Å². The number of oxazole rings is 1. The molecule has 1 aromatic carbocycles. The maximum Gasteiger partial charge on any atom is 0.226 e. The Morgan fingerprint density at radius 3 is 2.48 bits per heavy atom. The van der Waals surface area contributed by atoms with Crippen LogP contribution in [-0.2, 0) is 6.54 Å². The second-order valence-electron chi connectivity index (χ2n) is 6.43. The van der Waals surface area contributed by atoms with E-state index in [0.717, 1.165) is 23.6 Å². The average Bonchev–Trinajstić information content (AvgIpc) is 2.87. The lowest BCUT2D eigenvalue weighted by molar-refractivity contribution is 0.210. The van der Waals surface area contributed by atoms with Crippen molar-refractivity contribution in [3.63, 3.8) is 0 Å². The summed E-state index contributed by atoms with van der Waals surface area (Å²) in [6, 6.07) is 8.49. The van der Waals surface area contributed by atoms with Gasteiger partial charge in [0.25, 0.3) is 0 Å². The Bertz CT molecular complexity index is 598. The van der Waals surface area contributed by atoms with Crippen LogP contribution in [0.3, 0.4) is 0 Å². The van der Waals surface area contributed by atoms with Crippen molar-refractivity contribution in [3.8, 4) is 17.2 Å². The van der Waals surface area contributed by atoms with E-state index >= 15 is 0 Å². The molecule has 3 rings (SSSR count). The molecule has 0 bridgehead atoms. The van der Waals surface area contributed by atoms with Crippen molar-refractivity contribution < 1.29 is 9.15 Å². The zero-order valence-electron chi connectivity index (χ0n) is 14.1. The summed E-state index contributed by atoms with van der Waals surface area (Å²) in [5, 5.41) is 0. The molecular formula is C19H26N2O2. The predicted molar refractivity (Wildman–Crippen MR) is 91.4 cm³/mol. The number of aromatic nitrogens is 1. The first-order valence-electron chi connectivity index (χ1n) is 8.55. The van der Waals surface area contributed by atoms with Crippen molar-refractivity contribution in [2.75, 3.05) is 14.2 Å². The number of rotatable bonds is 5. The maximum absolute atomic E-state index is 5.66. The Kier molecular flexibility index (Phi) is 5.34. The summed E-state index contributed by atoms with van der Waals surface area (Å²) in [5.41, 5.74) is 1.98. The minimum absolute atomic E-state index is 0.678. The number of methoxy groups -OCH3 is 1. The van der Waals surface area contributed by atoms with Crippen molar-refractivity contribution in [2.24, 2.45) is 0 Å². The molecule has 1 fully saturated rings. The van der Waals surface area contributed by atoms with Crippen molar-refractivity contribution in [3.05, 3.63) is 36.2 Å². The highest BCUT2D eigenvalue weighted by molar-refractivity contribution is 5.54. The smallest absolute Gasteiger partial charge is 0.226 e. The molecule has 124 valence electrons. The maximum atomic E-state index is 5.66. The number of hydrogen-bond donors (Lipinski definition) is 0. The van der Waals surface area contributed by atoms with E-state index in [1.54, 1.807) is 13.4 Å². The van der Waals surface area contributed by atoms with Gasteiger partial charge >= 0.3 is 0 Å². The zero-order valence-corrected chi connectivity index (χ0v) is 14.1. The molecule has 0 atom stereocenters. The predicted octanol–water partition coefficient (Wildman–Crippen LogP) is 4.50. The number of ether oxygens (including phenoxy) is 1. The molecule has 0 N–H and O–H groups in total. The molecule has 0 amide bonds. The molecule has 0 saturated heterocycles. The van der Waals surface area contributed by atoms with Crippen LogP contribution in [0.4, 0.5) is 0 Å². The Balaban J connectivity index is 1.63. The fraction of sp³-hybridized carbons (Fsp3) is 0.526. The largest absolute Gasteiger partial charge is 0.497 e. The molecule has 0 radical (unpaired) electrons. The van der Waals surface area contributed by atoms with Crippen molar-refractivity contribution in [1.82, 2.24) is 9.88 Å². The van der Waals surface area contributed by atoms with Crippen molar-refractivity contribution >= 4 is 0 Å². The van der Waals surface area contributed by atoms with Gasteiger partial charge in [0.1, 0.15) is 12.0 Å². The molecule has 0 aliphatic heterocycles. The summed E-state index contributed by atoms with van der Waals surface area (Å²) in [6.45, 7) is 0.852. The lowest BCUT2D eigenvalue weighted by Gasteiger charge is -2.25. The second kappa shape index (κ2) is 7.64. The molecule has 2 aromatic rings. The van der Waals surface area contributed by atoms with E-state index in [2.05, 4.69) is 16.9 Å². The van der Waals surface area contributed by atoms with E-state index in [-0.39, 0.29) is 0 Å². The van der Waals surface area contributed by atoms with Crippen molar-refractivity contribution in [1.29, 1.82) is 0 Å². The van der Waals surface area contributed by atoms with Gasteiger partial charge < -0.3 is 9.15 Å². The third-order valence-electron chi connectivity index (χ3n) is 4.75. The second-order valence-corrected chi connectivity index (χ2v) is 6.43. The molecule has 1 aliphatic rings. The van der Waals surface area contributed by atoms with Gasteiger partial charge in [-0.3, -0.25) is 4.90 Å². The van der Waals surface area contributed by atoms with Crippen LogP contribution in [-0.4, -0.2) is 30.1 Å². The highest BCUT2D eigenvalue weighted by atomic mass is 16.5. The van der Waals surface area contributed by atoms with Crippen LogP contribution in [0.25, 0.3) is 11.5 Å². The SMILES string of the molecule is COc1ccc(-c2nc(CN(C)C3CCCCCC3)co2)cc1. The number of nitrogens with zero attached hydrogens (tertiary/aromatic N) is 2. The fourth-order valence-electron chi connectivity index (χ4n) is 3.33. The third-order valence-corrected chi connectivity index (χ3v) is 4.75. The molecule has 23 heavy (non-hydrogen) atoms. The highest BCUT2D eigenvalue weighted by Gasteiger charge is 2.18. The van der Waals surface area contributed by atoms with Crippen LogP contribution < -0.4 is 4.74 Å². The van der Waals surface area contributed by atoms with Gasteiger partial charge in [0, 0.05) is 18.2 Å². The Morgan fingerprint density at radius 1 is 1.13 bits per heavy atom. The average molecular weight is 314 g/mol. The van der Waals surface area contributed by atoms with E-state index in [1.807, 2.05) is 24.3 Å². The van der Waals surface area contributed by atoms with E-state index in [1.165, 1.54) is 38.5 Å². The lowest BCUT2D eigenvalue weighted by atomic mass is 10.1. The minimum Gasteiger partial charge on any atom is -0.497 e. The molecule has 1 aromatic heterocycles. The zero-order chi connectivity index (χ0) is 16.1. The van der Waals surface area contributed by atoms with Gasteiger partial charge in [-0.25, -0.2) is 4.98 Å². The summed E-state index contributed by atoms with van der Waals surface area (Å²) in [6.07, 6.45) is 9.87. The molecule has 0 spiro atoms. The van der Waals surface area contributed by atoms with Crippen LogP contribution in [0, 0.1) is 0 Å². The monoisotopic (exact) mass is 314 g/mol. The first-order chi connectivity index (χ1) is 11.3. The molecular weight excluding hydrogens is 288 g/mol. The summed E-state index contributed by atoms with van der Waals surface area (Å²) < 4.78 is 10.8. The minimum atomic E-state index is 0.678. The Labute approximate surface area is 138 Å². The standard InChI is InChI=1S/C19H26N2O2/c1-21(17-7-5-3-4-6-8-17)13-16-14-23-19(20-16)15-9-11-18(22-2)12-10-15/h9-12,14,17H,3-8,13H2,1-2H3. The molecule has 4 heteroatoms. The molecule has 0 unspecified atom stereocenters. The van der Waals surface area contributed by atoms with Gasteiger partial charge in [-0.05, 0) is 44.2 Å². The molecule has 1 heterocycles. The summed E-state index contributed by atoms with van der Waals surface area (Å²) >= 11 is 0. The topological polar surface area (TPSA) is 38.5 Å². The first kappa shape index (κ1) is 16.1. The van der Waals surface area contributed by atoms with Gasteiger partial charge in [0.2, 0.25) is 5.89 Å². The van der Waals surface area contributed by atoms with Crippen LogP contribution >= 0.6 is 0 Å². The van der Waals surface area contributed by atoms with Gasteiger partial charge in [0.15, 0.2) is 0 Å². The lowest BCUT2D eigenvalue weighted by Crippen LogP contribution is -2.30. The van der Waals surface area contributed by atoms with Crippen LogP contribution in [0.5, 0.6) is 5.75 Å². The molecule has 4 nitrogen and oxygen atoms in total. The van der Waals surface area contributed by atoms with Gasteiger partial charge in [-0.1, -0.05) is 25.7 Å². The fourth-order valence-corrected chi connectivity index (χ4v) is 3.33. The van der Waals surface area contributed by atoms with E-state index in [9.17, 15) is 0 Å². The quantitative estimate of drug-likeness (QED) is 0.761. The van der Waals surface area contributed by atoms with E-state index < -0.39 is 0 Å². The van der Waals surface area contributed by atoms with Crippen LogP contribution in [0.2, 0.25) is 0 Å². The van der Waals surface area contributed by atoms with E-state index in [4.69, 9.17) is 9.15 Å². The summed E-state index contributed by atoms with van der Waals surface area (Å²) in [4.78, 5) is 7.08. The molecule has 1 aliphatic carbocycles. The van der Waals surface area contributed by atoms with Crippen molar-refractivity contribution in [2.45, 2.75) is 51.1 Å². The Hall–Kier alpha value is -1.81. The van der Waals surface area contributed by atoms with Crippen LogP contribution in [0.15, 0.2) is 34.9 Å². The number of benzene rings is 1. The van der Waals surface area contributed by atoms with E-state index in [0.29, 0.717) is 11.9 Å². The Morgan fingerprint density at radius 2 is 1.83 bits per heavy atom. The van der Waals surface area contributed by atoms with Gasteiger partial charge in [-0.15, -0.1) is 0 Å². The highest BCUT2D eigenvalue weighted by Crippen LogP contribution is 2.24. The van der Waals surface area contributed by atoms with Gasteiger partial charge in [0.05, 0.1) is 12.8 Å². The number of hydrogen-bond acceptors (Lipinski definition) is 4.